The molecule has 0 aromatic heterocycles. The van der Waals surface area contributed by atoms with Crippen LogP contribution in [0.15, 0.2) is 30.3 Å². The van der Waals surface area contributed by atoms with Gasteiger partial charge in [0.1, 0.15) is 5.82 Å². The summed E-state index contributed by atoms with van der Waals surface area (Å²) in [5, 5.41) is 1.03. The van der Waals surface area contributed by atoms with Gasteiger partial charge in [-0.15, -0.1) is 9.24 Å². The summed E-state index contributed by atoms with van der Waals surface area (Å²) < 4.78 is 13.4. The van der Waals surface area contributed by atoms with Crippen LogP contribution in [0.2, 0.25) is 0 Å². The van der Waals surface area contributed by atoms with Gasteiger partial charge in [-0.05, 0) is 60.5 Å². The molecule has 0 bridgehead atoms. The third kappa shape index (κ3) is 2.40. The molecule has 0 saturated heterocycles. The van der Waals surface area contributed by atoms with Crippen LogP contribution < -0.4 is 5.30 Å². The molecule has 0 amide bonds. The van der Waals surface area contributed by atoms with E-state index >= 15 is 0 Å². The highest BCUT2D eigenvalue weighted by Gasteiger charge is 2.10. The number of halogens is 1. The summed E-state index contributed by atoms with van der Waals surface area (Å²) in [7, 11) is 2.67. The fourth-order valence-electron chi connectivity index (χ4n) is 2.35. The van der Waals surface area contributed by atoms with Gasteiger partial charge in [-0.2, -0.15) is 0 Å². The molecule has 0 fully saturated rings. The van der Waals surface area contributed by atoms with Gasteiger partial charge in [-0.25, -0.2) is 4.39 Å². The van der Waals surface area contributed by atoms with Crippen LogP contribution in [0.1, 0.15) is 16.7 Å². The smallest absolute Gasteiger partial charge is 0.123 e. The first kappa shape index (κ1) is 12.3. The Bertz CT molecular complexity index is 550. The van der Waals surface area contributed by atoms with E-state index in [1.807, 2.05) is 0 Å². The maximum Gasteiger partial charge on any atom is 0.123 e. The minimum absolute atomic E-state index is 0.189. The molecule has 0 N–H and O–H groups in total. The van der Waals surface area contributed by atoms with Gasteiger partial charge in [0.25, 0.3) is 0 Å². The van der Waals surface area contributed by atoms with Crippen molar-refractivity contribution < 1.29 is 4.39 Å². The van der Waals surface area contributed by atoms with Crippen LogP contribution in [0.4, 0.5) is 4.39 Å². The highest BCUT2D eigenvalue weighted by molar-refractivity contribution is 7.28. The minimum atomic E-state index is -0.189. The van der Waals surface area contributed by atoms with E-state index in [0.717, 1.165) is 16.4 Å². The number of benzene rings is 2. The van der Waals surface area contributed by atoms with E-state index < -0.39 is 0 Å². The highest BCUT2D eigenvalue weighted by atomic mass is 31.0. The zero-order chi connectivity index (χ0) is 12.6. The summed E-state index contributed by atoms with van der Waals surface area (Å²) >= 11 is 0. The van der Waals surface area contributed by atoms with Crippen LogP contribution in [0.3, 0.4) is 0 Å². The molecule has 0 saturated carbocycles. The Morgan fingerprint density at radius 3 is 2.12 bits per heavy atom. The van der Waals surface area contributed by atoms with Gasteiger partial charge >= 0.3 is 0 Å². The first-order chi connectivity index (χ1) is 7.99. The van der Waals surface area contributed by atoms with Gasteiger partial charge in [-0.3, -0.25) is 0 Å². The first-order valence-electron chi connectivity index (χ1n) is 5.62. The second kappa shape index (κ2) is 4.58. The maximum atomic E-state index is 13.4. The summed E-state index contributed by atoms with van der Waals surface area (Å²) in [5.41, 5.74) is 5.73. The molecule has 2 heteroatoms. The number of rotatable bonds is 1. The second-order valence-electron chi connectivity index (χ2n) is 4.51. The zero-order valence-electron chi connectivity index (χ0n) is 10.3. The summed E-state index contributed by atoms with van der Waals surface area (Å²) in [4.78, 5) is 0. The lowest BCUT2D eigenvalue weighted by Gasteiger charge is -2.14. The molecule has 0 spiro atoms. The van der Waals surface area contributed by atoms with Gasteiger partial charge in [0.15, 0.2) is 0 Å². The van der Waals surface area contributed by atoms with Gasteiger partial charge in [0.2, 0.25) is 0 Å². The van der Waals surface area contributed by atoms with Crippen molar-refractivity contribution in [2.24, 2.45) is 0 Å². The molecular weight excluding hydrogens is 230 g/mol. The van der Waals surface area contributed by atoms with E-state index in [1.54, 1.807) is 12.1 Å². The van der Waals surface area contributed by atoms with Crippen LogP contribution in [0.5, 0.6) is 0 Å². The quantitative estimate of drug-likeness (QED) is 0.669. The molecule has 1 unspecified atom stereocenters. The SMILES string of the molecule is Cc1cc(C)c(-c2cc(F)ccc2P)c(C)c1. The van der Waals surface area contributed by atoms with E-state index in [1.165, 1.54) is 22.8 Å². The fourth-order valence-corrected chi connectivity index (χ4v) is 2.67. The Kier molecular flexibility index (Phi) is 3.31. The Hall–Kier alpha value is -1.20. The topological polar surface area (TPSA) is 0 Å². The molecule has 2 aromatic carbocycles. The molecule has 17 heavy (non-hydrogen) atoms. The minimum Gasteiger partial charge on any atom is -0.207 e. The van der Waals surface area contributed by atoms with Crippen molar-refractivity contribution in [1.29, 1.82) is 0 Å². The predicted molar refractivity (Wildman–Crippen MR) is 75.4 cm³/mol. The van der Waals surface area contributed by atoms with Crippen molar-refractivity contribution in [1.82, 2.24) is 0 Å². The van der Waals surface area contributed by atoms with Gasteiger partial charge in [0.05, 0.1) is 0 Å². The fraction of sp³-hybridized carbons (Fsp3) is 0.200. The van der Waals surface area contributed by atoms with Gasteiger partial charge in [-0.1, -0.05) is 23.8 Å². The number of hydrogen-bond acceptors (Lipinski definition) is 0. The molecule has 0 heterocycles. The zero-order valence-corrected chi connectivity index (χ0v) is 11.5. The molecule has 0 aliphatic heterocycles. The van der Waals surface area contributed by atoms with Gasteiger partial charge in [0, 0.05) is 0 Å². The molecule has 0 aliphatic carbocycles. The molecular formula is C15H16FP. The van der Waals surface area contributed by atoms with Crippen LogP contribution in [0, 0.1) is 26.6 Å². The lowest BCUT2D eigenvalue weighted by molar-refractivity contribution is 0.628. The lowest BCUT2D eigenvalue weighted by Crippen LogP contribution is -2.01. The summed E-state index contributed by atoms with van der Waals surface area (Å²) in [5.74, 6) is -0.189. The Morgan fingerprint density at radius 2 is 1.53 bits per heavy atom. The van der Waals surface area contributed by atoms with Crippen molar-refractivity contribution in [3.63, 3.8) is 0 Å². The van der Waals surface area contributed by atoms with Crippen LogP contribution >= 0.6 is 9.24 Å². The lowest BCUT2D eigenvalue weighted by atomic mass is 9.94. The van der Waals surface area contributed by atoms with Crippen LogP contribution in [-0.2, 0) is 0 Å². The Labute approximate surface area is 104 Å². The van der Waals surface area contributed by atoms with Crippen molar-refractivity contribution in [3.8, 4) is 11.1 Å². The molecule has 0 radical (unpaired) electrons. The molecule has 0 aliphatic rings. The standard InChI is InChI=1S/C15H16FP/c1-9-6-10(2)15(11(3)7-9)13-8-12(16)4-5-14(13)17/h4-8H,17H2,1-3H3. The second-order valence-corrected chi connectivity index (χ2v) is 5.13. The molecule has 2 aromatic rings. The number of aryl methyl sites for hydroxylation is 3. The van der Waals surface area contributed by atoms with Crippen molar-refractivity contribution in [3.05, 3.63) is 52.8 Å². The van der Waals surface area contributed by atoms with E-state index in [2.05, 4.69) is 42.1 Å². The maximum absolute atomic E-state index is 13.4. The van der Waals surface area contributed by atoms with Gasteiger partial charge < -0.3 is 0 Å². The molecule has 88 valence electrons. The van der Waals surface area contributed by atoms with E-state index in [4.69, 9.17) is 0 Å². The summed E-state index contributed by atoms with van der Waals surface area (Å²) in [6, 6.07) is 9.17. The normalized spacial score (nSPS) is 10.6. The van der Waals surface area contributed by atoms with E-state index in [9.17, 15) is 4.39 Å². The Balaban J connectivity index is 2.72. The van der Waals surface area contributed by atoms with Crippen LogP contribution in [0.25, 0.3) is 11.1 Å². The molecule has 0 nitrogen and oxygen atoms in total. The van der Waals surface area contributed by atoms with E-state index in [0.29, 0.717) is 0 Å². The molecule has 1 atom stereocenters. The first-order valence-corrected chi connectivity index (χ1v) is 6.20. The largest absolute Gasteiger partial charge is 0.207 e. The van der Waals surface area contributed by atoms with E-state index in [-0.39, 0.29) is 5.82 Å². The monoisotopic (exact) mass is 246 g/mol. The predicted octanol–water partition coefficient (Wildman–Crippen LogP) is 3.92. The summed E-state index contributed by atoms with van der Waals surface area (Å²) in [6.45, 7) is 6.23. The third-order valence-electron chi connectivity index (χ3n) is 2.96. The average Bonchev–Trinajstić information content (AvgIpc) is 2.21. The molecule has 2 rings (SSSR count). The Morgan fingerprint density at radius 1 is 0.941 bits per heavy atom. The van der Waals surface area contributed by atoms with Crippen molar-refractivity contribution in [2.45, 2.75) is 20.8 Å². The highest BCUT2D eigenvalue weighted by Crippen LogP contribution is 2.28. The van der Waals surface area contributed by atoms with Crippen molar-refractivity contribution in [2.75, 3.05) is 0 Å². The number of hydrogen-bond donors (Lipinski definition) is 0. The summed E-state index contributed by atoms with van der Waals surface area (Å²) in [6.07, 6.45) is 0. The third-order valence-corrected chi connectivity index (χ3v) is 3.47. The average molecular weight is 246 g/mol. The van der Waals surface area contributed by atoms with Crippen LogP contribution in [-0.4, -0.2) is 0 Å². The van der Waals surface area contributed by atoms with Crippen molar-refractivity contribution >= 4 is 14.5 Å².